The van der Waals surface area contributed by atoms with Crippen LogP contribution in [0.4, 0.5) is 20.3 Å². The first kappa shape index (κ1) is 21.2. The van der Waals surface area contributed by atoms with Crippen LogP contribution < -0.4 is 15.0 Å². The lowest BCUT2D eigenvalue weighted by Crippen LogP contribution is -2.58. The van der Waals surface area contributed by atoms with E-state index in [9.17, 15) is 8.78 Å². The number of nitrogens with two attached hydrogens (primary N) is 1. The van der Waals surface area contributed by atoms with Gasteiger partial charge in [-0.2, -0.15) is 0 Å². The molecule has 1 aromatic heterocycles. The molecule has 2 aromatic carbocycles. The number of halogens is 2. The van der Waals surface area contributed by atoms with Gasteiger partial charge >= 0.3 is 0 Å². The van der Waals surface area contributed by atoms with Gasteiger partial charge in [0, 0.05) is 11.8 Å². The molecule has 1 aliphatic rings. The van der Waals surface area contributed by atoms with E-state index < -0.39 is 11.6 Å². The molecule has 31 heavy (non-hydrogen) atoms. The summed E-state index contributed by atoms with van der Waals surface area (Å²) in [6.45, 7) is 5.46. The van der Waals surface area contributed by atoms with Crippen LogP contribution in [-0.2, 0) is 4.74 Å². The van der Waals surface area contributed by atoms with Gasteiger partial charge in [0.1, 0.15) is 49.3 Å². The van der Waals surface area contributed by atoms with Crippen LogP contribution in [0.25, 0.3) is 11.1 Å². The molecule has 2 N–H and O–H groups in total. The van der Waals surface area contributed by atoms with E-state index in [1.807, 2.05) is 31.2 Å². The molecule has 0 bridgehead atoms. The Morgan fingerprint density at radius 3 is 2.48 bits per heavy atom. The smallest absolute Gasteiger partial charge is 0.251 e. The third kappa shape index (κ3) is 4.38. The topological polar surface area (TPSA) is 57.4 Å². The van der Waals surface area contributed by atoms with E-state index in [0.717, 1.165) is 11.3 Å². The molecule has 1 aliphatic heterocycles. The van der Waals surface area contributed by atoms with Crippen molar-refractivity contribution in [3.8, 4) is 16.9 Å². The van der Waals surface area contributed by atoms with E-state index in [4.69, 9.17) is 15.2 Å². The molecule has 7 heteroatoms. The van der Waals surface area contributed by atoms with Crippen molar-refractivity contribution < 1.29 is 18.3 Å². The fraction of sp³-hybridized carbons (Fsp3) is 0.292. The van der Waals surface area contributed by atoms with Crippen LogP contribution in [0.5, 0.6) is 5.75 Å². The van der Waals surface area contributed by atoms with Gasteiger partial charge in [-0.15, -0.1) is 0 Å². The van der Waals surface area contributed by atoms with Crippen molar-refractivity contribution in [2.45, 2.75) is 6.92 Å². The normalized spacial score (nSPS) is 15.6. The van der Waals surface area contributed by atoms with Crippen molar-refractivity contribution >= 4 is 11.5 Å². The number of nitrogens with zero attached hydrogens (tertiary/aromatic N) is 2. The molecule has 0 spiro atoms. The number of morpholine rings is 1. The maximum Gasteiger partial charge on any atom is 0.251 e. The van der Waals surface area contributed by atoms with E-state index in [1.165, 1.54) is 18.2 Å². The fourth-order valence-corrected chi connectivity index (χ4v) is 4.09. The average molecular weight is 426 g/mol. The number of hydrogen-bond acceptors (Lipinski definition) is 4. The summed E-state index contributed by atoms with van der Waals surface area (Å²) in [7, 11) is 0. The number of benzene rings is 2. The van der Waals surface area contributed by atoms with Crippen LogP contribution >= 0.6 is 0 Å². The summed E-state index contributed by atoms with van der Waals surface area (Å²) in [4.78, 5) is 4.55. The molecule has 4 rings (SSSR count). The first-order valence-electron chi connectivity index (χ1n) is 10.3. The molecule has 0 aliphatic carbocycles. The van der Waals surface area contributed by atoms with Gasteiger partial charge in [-0.05, 0) is 42.8 Å². The molecule has 0 atom stereocenters. The lowest BCUT2D eigenvalue weighted by atomic mass is 10.0. The van der Waals surface area contributed by atoms with Gasteiger partial charge in [0.15, 0.2) is 0 Å². The summed E-state index contributed by atoms with van der Waals surface area (Å²) < 4.78 is 40.9. The molecule has 0 unspecified atom stereocenters. The third-order valence-corrected chi connectivity index (χ3v) is 5.76. The van der Waals surface area contributed by atoms with Crippen LogP contribution in [0, 0.1) is 18.6 Å². The summed E-state index contributed by atoms with van der Waals surface area (Å²) in [5.74, 6) is 0.0890. The Morgan fingerprint density at radius 1 is 1.06 bits per heavy atom. The van der Waals surface area contributed by atoms with Crippen LogP contribution in [0.15, 0.2) is 54.7 Å². The van der Waals surface area contributed by atoms with Crippen LogP contribution in [0.3, 0.4) is 0 Å². The van der Waals surface area contributed by atoms with E-state index in [1.54, 1.807) is 12.3 Å². The Hall–Kier alpha value is -3.03. The van der Waals surface area contributed by atoms with Crippen LogP contribution in [0.2, 0.25) is 0 Å². The Labute approximate surface area is 180 Å². The Bertz CT molecular complexity index is 1050. The zero-order valence-electron chi connectivity index (χ0n) is 17.5. The first-order valence-corrected chi connectivity index (χ1v) is 10.3. The number of aryl methyl sites for hydroxylation is 1. The van der Waals surface area contributed by atoms with Crippen LogP contribution in [-0.4, -0.2) is 44.4 Å². The number of anilines is 1. The minimum Gasteiger partial charge on any atom is -0.488 e. The third-order valence-electron chi connectivity index (χ3n) is 5.76. The van der Waals surface area contributed by atoms with E-state index in [-0.39, 0.29) is 11.3 Å². The number of pyridine rings is 1. The van der Waals surface area contributed by atoms with Crippen molar-refractivity contribution in [2.24, 2.45) is 0 Å². The summed E-state index contributed by atoms with van der Waals surface area (Å²) in [6, 6.07) is 13.2. The second-order valence-corrected chi connectivity index (χ2v) is 7.79. The number of ether oxygens (including phenoxy) is 2. The molecule has 2 heterocycles. The number of nitrogen functional groups attached to an aromatic ring is 1. The highest BCUT2D eigenvalue weighted by molar-refractivity contribution is 5.83. The number of aromatic nitrogens is 1. The Morgan fingerprint density at radius 2 is 1.77 bits per heavy atom. The predicted octanol–water partition coefficient (Wildman–Crippen LogP) is 4.33. The lowest BCUT2D eigenvalue weighted by molar-refractivity contribution is 0.0339. The number of quaternary nitrogens is 1. The zero-order valence-corrected chi connectivity index (χ0v) is 17.5. The quantitative estimate of drug-likeness (QED) is 0.596. The molecule has 1 saturated heterocycles. The van der Waals surface area contributed by atoms with E-state index >= 15 is 0 Å². The predicted molar refractivity (Wildman–Crippen MR) is 118 cm³/mol. The summed E-state index contributed by atoms with van der Waals surface area (Å²) in [5.41, 5.74) is 8.06. The fourth-order valence-electron chi connectivity index (χ4n) is 4.09. The highest BCUT2D eigenvalue weighted by Crippen LogP contribution is 2.38. The number of rotatable bonds is 6. The highest BCUT2D eigenvalue weighted by Gasteiger charge is 2.37. The molecule has 162 valence electrons. The zero-order chi connectivity index (χ0) is 21.8. The Balaban J connectivity index is 1.66. The molecule has 1 fully saturated rings. The molecule has 3 aromatic rings. The lowest BCUT2D eigenvalue weighted by Gasteiger charge is -2.40. The summed E-state index contributed by atoms with van der Waals surface area (Å²) >= 11 is 0. The highest BCUT2D eigenvalue weighted by atomic mass is 19.1. The first-order chi connectivity index (χ1) is 15.0. The van der Waals surface area contributed by atoms with Crippen LogP contribution in [0.1, 0.15) is 5.56 Å². The van der Waals surface area contributed by atoms with Crippen molar-refractivity contribution in [3.63, 3.8) is 0 Å². The van der Waals surface area contributed by atoms with Crippen molar-refractivity contribution in [1.82, 2.24) is 9.47 Å². The van der Waals surface area contributed by atoms with Gasteiger partial charge in [0.25, 0.3) is 5.82 Å². The molecular weight excluding hydrogens is 400 g/mol. The number of hydrogen-bond donors (Lipinski definition) is 1. The van der Waals surface area contributed by atoms with Gasteiger partial charge in [-0.25, -0.2) is 13.8 Å². The van der Waals surface area contributed by atoms with Gasteiger partial charge in [-0.3, -0.25) is 4.48 Å². The van der Waals surface area contributed by atoms with Gasteiger partial charge in [0.05, 0.1) is 18.8 Å². The monoisotopic (exact) mass is 426 g/mol. The standard InChI is InChI=1S/C24H26F2N3O2/c1-17-4-2-5-18(16-17)31-15-12-29(10-13-30-14-11-29)24-23(27)19(8-9-28-24)22-20(25)6-3-7-21(22)26/h2-9,16H,10-15,27H2,1H3/q+1. The van der Waals surface area contributed by atoms with Crippen molar-refractivity contribution in [1.29, 1.82) is 0 Å². The van der Waals surface area contributed by atoms with Crippen molar-refractivity contribution in [2.75, 3.05) is 45.2 Å². The second-order valence-electron chi connectivity index (χ2n) is 7.79. The van der Waals surface area contributed by atoms with E-state index in [0.29, 0.717) is 55.3 Å². The van der Waals surface area contributed by atoms with Gasteiger partial charge in [0.2, 0.25) is 0 Å². The molecule has 0 radical (unpaired) electrons. The average Bonchev–Trinajstić information content (AvgIpc) is 2.75. The maximum atomic E-state index is 14.4. The van der Waals surface area contributed by atoms with Gasteiger partial charge < -0.3 is 15.2 Å². The van der Waals surface area contributed by atoms with E-state index in [2.05, 4.69) is 4.98 Å². The van der Waals surface area contributed by atoms with Crippen molar-refractivity contribution in [3.05, 3.63) is 71.9 Å². The molecule has 0 amide bonds. The minimum absolute atomic E-state index is 0.133. The Kier molecular flexibility index (Phi) is 6.15. The van der Waals surface area contributed by atoms with Gasteiger partial charge in [-0.1, -0.05) is 18.2 Å². The molecule has 0 saturated carbocycles. The SMILES string of the molecule is Cc1cccc(OCC[N+]2(c3nccc(-c4c(F)cccc4F)c3N)CCOCC2)c1. The maximum absolute atomic E-state index is 14.4. The summed E-state index contributed by atoms with van der Waals surface area (Å²) in [5, 5.41) is 0. The molecular formula is C24H26F2N3O2+. The molecule has 5 nitrogen and oxygen atoms in total. The summed E-state index contributed by atoms with van der Waals surface area (Å²) in [6.07, 6.45) is 1.56. The second kappa shape index (κ2) is 8.99. The largest absolute Gasteiger partial charge is 0.488 e. The minimum atomic E-state index is -0.653.